The fraction of sp³-hybridized carbons (Fsp3) is 0.214. The van der Waals surface area contributed by atoms with Gasteiger partial charge in [-0.1, -0.05) is 30.3 Å². The van der Waals surface area contributed by atoms with E-state index in [-0.39, 0.29) is 18.4 Å². The largest absolute Gasteiger partial charge is 0.485 e. The van der Waals surface area contributed by atoms with Gasteiger partial charge in [0.05, 0.1) is 16.8 Å². The molecule has 8 heteroatoms. The minimum absolute atomic E-state index is 0.0674. The molecule has 0 bridgehead atoms. The third-order valence-corrected chi connectivity index (χ3v) is 6.59. The zero-order valence-electron chi connectivity index (χ0n) is 19.5. The fourth-order valence-corrected chi connectivity index (χ4v) is 4.67. The molecular weight excluding hydrogens is 456 g/mol. The molecule has 180 valence electrons. The first-order valence-electron chi connectivity index (χ1n) is 11.9. The molecule has 6 rings (SSSR count). The monoisotopic (exact) mass is 480 g/mol. The predicted molar refractivity (Wildman–Crippen MR) is 134 cm³/mol. The van der Waals surface area contributed by atoms with Gasteiger partial charge in [0.1, 0.15) is 6.61 Å². The summed E-state index contributed by atoms with van der Waals surface area (Å²) in [6, 6.07) is 20.6. The average Bonchev–Trinajstić information content (AvgIpc) is 2.96. The molecule has 8 nitrogen and oxygen atoms in total. The molecule has 4 heterocycles. The molecule has 0 N–H and O–H groups in total. The van der Waals surface area contributed by atoms with Crippen molar-refractivity contribution in [1.29, 1.82) is 0 Å². The lowest BCUT2D eigenvalue weighted by molar-refractivity contribution is -0.142. The number of ether oxygens (including phenoxy) is 2. The van der Waals surface area contributed by atoms with Crippen molar-refractivity contribution in [3.63, 3.8) is 0 Å². The minimum atomic E-state index is -0.686. The Morgan fingerprint density at radius 1 is 0.833 bits per heavy atom. The van der Waals surface area contributed by atoms with Gasteiger partial charge in [-0.2, -0.15) is 0 Å². The van der Waals surface area contributed by atoms with E-state index >= 15 is 0 Å². The molecule has 2 aromatic heterocycles. The van der Waals surface area contributed by atoms with Gasteiger partial charge in [-0.15, -0.1) is 0 Å². The SMILES string of the molecule is O=C(c1cc(-c2ccncc2)nc2ccccc12)N1CCN(C(=O)[C@@H]2COc3ccccc3O2)CC1. The number of carbonyl (C=O) groups is 2. The van der Waals surface area contributed by atoms with Crippen molar-refractivity contribution in [3.05, 3.63) is 84.7 Å². The Labute approximate surface area is 208 Å². The maximum absolute atomic E-state index is 13.7. The van der Waals surface area contributed by atoms with Crippen LogP contribution in [0.4, 0.5) is 0 Å². The number of amides is 2. The maximum atomic E-state index is 13.7. The lowest BCUT2D eigenvalue weighted by Crippen LogP contribution is -2.55. The first kappa shape index (κ1) is 22.0. The van der Waals surface area contributed by atoms with Gasteiger partial charge in [-0.25, -0.2) is 4.98 Å². The first-order chi connectivity index (χ1) is 17.7. The zero-order valence-corrected chi connectivity index (χ0v) is 19.5. The van der Waals surface area contributed by atoms with E-state index in [1.165, 1.54) is 0 Å². The number of aromatic nitrogens is 2. The third-order valence-electron chi connectivity index (χ3n) is 6.59. The molecule has 0 saturated carbocycles. The lowest BCUT2D eigenvalue weighted by Gasteiger charge is -2.37. The summed E-state index contributed by atoms with van der Waals surface area (Å²) in [5.74, 6) is 1.03. The van der Waals surface area contributed by atoms with Crippen molar-refractivity contribution in [2.75, 3.05) is 32.8 Å². The van der Waals surface area contributed by atoms with Gasteiger partial charge in [0.2, 0.25) is 6.10 Å². The molecule has 1 fully saturated rings. The number of pyridine rings is 2. The number of rotatable bonds is 3. The van der Waals surface area contributed by atoms with Crippen molar-refractivity contribution in [2.45, 2.75) is 6.10 Å². The van der Waals surface area contributed by atoms with Gasteiger partial charge < -0.3 is 19.3 Å². The van der Waals surface area contributed by atoms with Crippen LogP contribution < -0.4 is 9.47 Å². The number of para-hydroxylation sites is 3. The van der Waals surface area contributed by atoms with E-state index in [0.29, 0.717) is 43.2 Å². The Morgan fingerprint density at radius 2 is 1.53 bits per heavy atom. The molecule has 0 radical (unpaired) electrons. The highest BCUT2D eigenvalue weighted by atomic mass is 16.6. The highest BCUT2D eigenvalue weighted by Gasteiger charge is 2.34. The van der Waals surface area contributed by atoms with E-state index in [1.54, 1.807) is 28.3 Å². The normalized spacial score (nSPS) is 17.2. The van der Waals surface area contributed by atoms with Crippen LogP contribution in [-0.4, -0.2) is 70.5 Å². The van der Waals surface area contributed by atoms with Gasteiger partial charge in [0.25, 0.3) is 11.8 Å². The lowest BCUT2D eigenvalue weighted by atomic mass is 10.0. The zero-order chi connectivity index (χ0) is 24.5. The van der Waals surface area contributed by atoms with Gasteiger partial charge in [-0.3, -0.25) is 14.6 Å². The molecule has 36 heavy (non-hydrogen) atoms. The third kappa shape index (κ3) is 4.11. The second-order valence-corrected chi connectivity index (χ2v) is 8.79. The number of nitrogens with zero attached hydrogens (tertiary/aromatic N) is 4. The van der Waals surface area contributed by atoms with E-state index < -0.39 is 6.10 Å². The van der Waals surface area contributed by atoms with Gasteiger partial charge >= 0.3 is 0 Å². The highest BCUT2D eigenvalue weighted by molar-refractivity contribution is 6.07. The summed E-state index contributed by atoms with van der Waals surface area (Å²) in [7, 11) is 0. The molecular formula is C28H24N4O4. The van der Waals surface area contributed by atoms with E-state index in [4.69, 9.17) is 14.5 Å². The van der Waals surface area contributed by atoms with Gasteiger partial charge in [0.15, 0.2) is 11.5 Å². The summed E-state index contributed by atoms with van der Waals surface area (Å²) in [6.45, 7) is 1.93. The van der Waals surface area contributed by atoms with E-state index in [0.717, 1.165) is 22.2 Å². The van der Waals surface area contributed by atoms with Crippen molar-refractivity contribution >= 4 is 22.7 Å². The molecule has 0 unspecified atom stereocenters. The highest BCUT2D eigenvalue weighted by Crippen LogP contribution is 2.31. The van der Waals surface area contributed by atoms with Gasteiger partial charge in [-0.05, 0) is 36.4 Å². The summed E-state index contributed by atoms with van der Waals surface area (Å²) in [5.41, 5.74) is 2.99. The quantitative estimate of drug-likeness (QED) is 0.447. The number of fused-ring (bicyclic) bond motifs is 2. The smallest absolute Gasteiger partial charge is 0.267 e. The van der Waals surface area contributed by atoms with Crippen molar-refractivity contribution in [1.82, 2.24) is 19.8 Å². The van der Waals surface area contributed by atoms with Crippen molar-refractivity contribution in [3.8, 4) is 22.8 Å². The molecule has 2 aliphatic rings. The van der Waals surface area contributed by atoms with Crippen LogP contribution in [0.5, 0.6) is 11.5 Å². The van der Waals surface area contributed by atoms with Crippen LogP contribution in [0.15, 0.2) is 79.1 Å². The van der Waals surface area contributed by atoms with Crippen molar-refractivity contribution in [2.24, 2.45) is 0 Å². The van der Waals surface area contributed by atoms with Crippen LogP contribution in [0, 0.1) is 0 Å². The minimum Gasteiger partial charge on any atom is -0.485 e. The first-order valence-corrected chi connectivity index (χ1v) is 11.9. The van der Waals surface area contributed by atoms with E-state index in [1.807, 2.05) is 60.7 Å². The van der Waals surface area contributed by atoms with Crippen LogP contribution in [0.1, 0.15) is 10.4 Å². The Kier molecular flexibility index (Phi) is 5.69. The molecule has 2 aromatic carbocycles. The number of benzene rings is 2. The number of piperazine rings is 1. The molecule has 0 spiro atoms. The number of hydrogen-bond acceptors (Lipinski definition) is 6. The molecule has 0 aliphatic carbocycles. The van der Waals surface area contributed by atoms with Crippen LogP contribution in [0.25, 0.3) is 22.2 Å². The van der Waals surface area contributed by atoms with Crippen molar-refractivity contribution < 1.29 is 19.1 Å². The Bertz CT molecular complexity index is 1430. The molecule has 1 atom stereocenters. The van der Waals surface area contributed by atoms with E-state index in [2.05, 4.69) is 4.98 Å². The standard InChI is InChI=1S/C28H24N4O4/c33-27(21-17-23(19-9-11-29-12-10-19)30-22-6-2-1-5-20(21)22)31-13-15-32(16-14-31)28(34)26-18-35-24-7-3-4-8-25(24)36-26/h1-12,17,26H,13-16,18H2/t26-/m0/s1. The molecule has 1 saturated heterocycles. The fourth-order valence-electron chi connectivity index (χ4n) is 4.67. The second-order valence-electron chi connectivity index (χ2n) is 8.79. The number of hydrogen-bond donors (Lipinski definition) is 0. The van der Waals surface area contributed by atoms with Crippen LogP contribution in [0.3, 0.4) is 0 Å². The molecule has 4 aromatic rings. The molecule has 2 aliphatic heterocycles. The maximum Gasteiger partial charge on any atom is 0.267 e. The molecule has 2 amide bonds. The summed E-state index contributed by atoms with van der Waals surface area (Å²) in [5, 5.41) is 0.810. The Hall–Kier alpha value is -4.46. The average molecular weight is 481 g/mol. The van der Waals surface area contributed by atoms with Crippen LogP contribution in [-0.2, 0) is 4.79 Å². The summed E-state index contributed by atoms with van der Waals surface area (Å²) >= 11 is 0. The Balaban J connectivity index is 1.18. The van der Waals surface area contributed by atoms with E-state index in [9.17, 15) is 9.59 Å². The van der Waals surface area contributed by atoms with Crippen LogP contribution in [0.2, 0.25) is 0 Å². The topological polar surface area (TPSA) is 84.9 Å². The number of carbonyl (C=O) groups excluding carboxylic acids is 2. The van der Waals surface area contributed by atoms with Crippen LogP contribution >= 0.6 is 0 Å². The summed E-state index contributed by atoms with van der Waals surface area (Å²) in [4.78, 5) is 39.1. The Morgan fingerprint density at radius 3 is 2.33 bits per heavy atom. The second kappa shape index (κ2) is 9.30. The predicted octanol–water partition coefficient (Wildman–Crippen LogP) is 3.42. The summed E-state index contributed by atoms with van der Waals surface area (Å²) < 4.78 is 11.6. The summed E-state index contributed by atoms with van der Waals surface area (Å²) in [6.07, 6.45) is 2.74. The van der Waals surface area contributed by atoms with Gasteiger partial charge in [0, 0.05) is 49.5 Å².